The lowest BCUT2D eigenvalue weighted by molar-refractivity contribution is 0.349. The van der Waals surface area contributed by atoms with Crippen LogP contribution in [0, 0.1) is 0 Å². The normalized spacial score (nSPS) is 18.7. The third-order valence-corrected chi connectivity index (χ3v) is 3.52. The first-order valence-electron chi connectivity index (χ1n) is 6.70. The highest BCUT2D eigenvalue weighted by atomic mass is 15.0. The number of hydrogen-bond donors (Lipinski definition) is 2. The highest BCUT2D eigenvalue weighted by Gasteiger charge is 2.26. The van der Waals surface area contributed by atoms with E-state index >= 15 is 0 Å². The number of anilines is 2. The largest absolute Gasteiger partial charge is 0.380 e. The van der Waals surface area contributed by atoms with Crippen LogP contribution < -0.4 is 10.6 Å². The Morgan fingerprint density at radius 3 is 2.76 bits per heavy atom. The lowest BCUT2D eigenvalue weighted by Crippen LogP contribution is -2.36. The molecule has 1 aliphatic carbocycles. The predicted molar refractivity (Wildman–Crippen MR) is 73.5 cm³/mol. The molecule has 1 aromatic rings. The molecule has 1 heterocycles. The van der Waals surface area contributed by atoms with E-state index in [1.54, 1.807) is 0 Å². The molecule has 17 heavy (non-hydrogen) atoms. The summed E-state index contributed by atoms with van der Waals surface area (Å²) >= 11 is 0. The van der Waals surface area contributed by atoms with Gasteiger partial charge in [-0.05, 0) is 32.8 Å². The van der Waals surface area contributed by atoms with Gasteiger partial charge >= 0.3 is 0 Å². The van der Waals surface area contributed by atoms with Gasteiger partial charge in [-0.1, -0.05) is 19.3 Å². The summed E-state index contributed by atoms with van der Waals surface area (Å²) in [6.07, 6.45) is 8.48. The SMILES string of the molecule is CCNc1cc(NC2(C)CCCCC2)ccn1. The molecule has 0 spiro atoms. The van der Waals surface area contributed by atoms with Crippen molar-refractivity contribution in [3.05, 3.63) is 18.3 Å². The maximum Gasteiger partial charge on any atom is 0.127 e. The summed E-state index contributed by atoms with van der Waals surface area (Å²) in [7, 11) is 0. The van der Waals surface area contributed by atoms with Gasteiger partial charge in [0.2, 0.25) is 0 Å². The highest BCUT2D eigenvalue weighted by Crippen LogP contribution is 2.31. The molecular formula is C14H23N3. The second-order valence-corrected chi connectivity index (χ2v) is 5.21. The fourth-order valence-electron chi connectivity index (χ4n) is 2.59. The first kappa shape index (κ1) is 12.2. The number of nitrogens with zero attached hydrogens (tertiary/aromatic N) is 1. The van der Waals surface area contributed by atoms with E-state index in [9.17, 15) is 0 Å². The van der Waals surface area contributed by atoms with Crippen LogP contribution in [0.5, 0.6) is 0 Å². The molecule has 0 aliphatic heterocycles. The third kappa shape index (κ3) is 3.35. The Kier molecular flexibility index (Phi) is 3.87. The standard InChI is InChI=1S/C14H23N3/c1-3-15-13-11-12(7-10-16-13)17-14(2)8-5-4-6-9-14/h7,10-11H,3-6,8-9H2,1-2H3,(H2,15,16,17). The summed E-state index contributed by atoms with van der Waals surface area (Å²) in [4.78, 5) is 4.29. The number of rotatable bonds is 4. The van der Waals surface area contributed by atoms with Gasteiger partial charge in [0, 0.05) is 30.0 Å². The zero-order chi connectivity index (χ0) is 12.1. The van der Waals surface area contributed by atoms with Gasteiger partial charge in [0.15, 0.2) is 0 Å². The third-order valence-electron chi connectivity index (χ3n) is 3.52. The van der Waals surface area contributed by atoms with E-state index in [0.29, 0.717) is 0 Å². The maximum atomic E-state index is 4.29. The lowest BCUT2D eigenvalue weighted by atomic mass is 9.83. The molecule has 0 unspecified atom stereocenters. The number of aromatic nitrogens is 1. The summed E-state index contributed by atoms with van der Waals surface area (Å²) in [5.41, 5.74) is 1.45. The lowest BCUT2D eigenvalue weighted by Gasteiger charge is -2.35. The van der Waals surface area contributed by atoms with E-state index in [0.717, 1.165) is 12.4 Å². The number of pyridine rings is 1. The van der Waals surface area contributed by atoms with Crippen molar-refractivity contribution in [3.63, 3.8) is 0 Å². The molecule has 0 bridgehead atoms. The van der Waals surface area contributed by atoms with Gasteiger partial charge in [-0.15, -0.1) is 0 Å². The molecule has 1 fully saturated rings. The second kappa shape index (κ2) is 5.39. The Balaban J connectivity index is 2.04. The van der Waals surface area contributed by atoms with Gasteiger partial charge in [0.05, 0.1) is 0 Å². The molecule has 0 saturated heterocycles. The first-order chi connectivity index (χ1) is 8.22. The molecule has 1 aromatic heterocycles. The molecule has 1 saturated carbocycles. The molecule has 0 aromatic carbocycles. The van der Waals surface area contributed by atoms with Crippen molar-refractivity contribution in [2.45, 2.75) is 51.5 Å². The zero-order valence-corrected chi connectivity index (χ0v) is 10.9. The van der Waals surface area contributed by atoms with Crippen LogP contribution >= 0.6 is 0 Å². The van der Waals surface area contributed by atoms with Gasteiger partial charge < -0.3 is 10.6 Å². The van der Waals surface area contributed by atoms with Gasteiger partial charge in [-0.3, -0.25) is 0 Å². The summed E-state index contributed by atoms with van der Waals surface area (Å²) in [5.74, 6) is 0.955. The van der Waals surface area contributed by atoms with Crippen LogP contribution in [0.1, 0.15) is 46.0 Å². The molecule has 1 aliphatic rings. The number of nitrogens with one attached hydrogen (secondary N) is 2. The quantitative estimate of drug-likeness (QED) is 0.833. The Morgan fingerprint density at radius 2 is 2.06 bits per heavy atom. The van der Waals surface area contributed by atoms with Crippen LogP contribution in [-0.2, 0) is 0 Å². The first-order valence-corrected chi connectivity index (χ1v) is 6.70. The Morgan fingerprint density at radius 1 is 1.29 bits per heavy atom. The molecule has 0 radical (unpaired) electrons. The van der Waals surface area contributed by atoms with Crippen LogP contribution in [0.25, 0.3) is 0 Å². The molecular weight excluding hydrogens is 210 g/mol. The maximum absolute atomic E-state index is 4.29. The van der Waals surface area contributed by atoms with Crippen molar-refractivity contribution in [1.29, 1.82) is 0 Å². The van der Waals surface area contributed by atoms with E-state index in [2.05, 4.69) is 41.6 Å². The van der Waals surface area contributed by atoms with Gasteiger partial charge in [-0.2, -0.15) is 0 Å². The van der Waals surface area contributed by atoms with Gasteiger partial charge in [0.25, 0.3) is 0 Å². The molecule has 3 heteroatoms. The molecule has 0 amide bonds. The monoisotopic (exact) mass is 233 g/mol. The summed E-state index contributed by atoms with van der Waals surface area (Å²) in [6.45, 7) is 5.33. The minimum absolute atomic E-state index is 0.267. The van der Waals surface area contributed by atoms with E-state index in [4.69, 9.17) is 0 Å². The average Bonchev–Trinajstić information content (AvgIpc) is 2.30. The molecule has 94 valence electrons. The van der Waals surface area contributed by atoms with Crippen molar-refractivity contribution in [2.75, 3.05) is 17.2 Å². The summed E-state index contributed by atoms with van der Waals surface area (Å²) in [5, 5.41) is 6.92. The summed E-state index contributed by atoms with van der Waals surface area (Å²) < 4.78 is 0. The Labute approximate surface area is 104 Å². The van der Waals surface area contributed by atoms with Crippen molar-refractivity contribution in [2.24, 2.45) is 0 Å². The highest BCUT2D eigenvalue weighted by molar-refractivity contribution is 5.53. The van der Waals surface area contributed by atoms with Gasteiger partial charge in [0.1, 0.15) is 5.82 Å². The minimum Gasteiger partial charge on any atom is -0.380 e. The molecule has 0 atom stereocenters. The van der Waals surface area contributed by atoms with Crippen LogP contribution in [0.15, 0.2) is 18.3 Å². The zero-order valence-electron chi connectivity index (χ0n) is 10.9. The average molecular weight is 233 g/mol. The van der Waals surface area contributed by atoms with Crippen LogP contribution in [-0.4, -0.2) is 17.1 Å². The fourth-order valence-corrected chi connectivity index (χ4v) is 2.59. The smallest absolute Gasteiger partial charge is 0.127 e. The molecule has 2 N–H and O–H groups in total. The fraction of sp³-hybridized carbons (Fsp3) is 0.643. The van der Waals surface area contributed by atoms with Crippen molar-refractivity contribution >= 4 is 11.5 Å². The second-order valence-electron chi connectivity index (χ2n) is 5.21. The van der Waals surface area contributed by atoms with Crippen LogP contribution in [0.4, 0.5) is 11.5 Å². The predicted octanol–water partition coefficient (Wildman–Crippen LogP) is 3.65. The minimum atomic E-state index is 0.267. The molecule has 2 rings (SSSR count). The topological polar surface area (TPSA) is 37.0 Å². The van der Waals surface area contributed by atoms with E-state index in [-0.39, 0.29) is 5.54 Å². The van der Waals surface area contributed by atoms with E-state index < -0.39 is 0 Å². The van der Waals surface area contributed by atoms with Crippen molar-refractivity contribution < 1.29 is 0 Å². The van der Waals surface area contributed by atoms with Crippen molar-refractivity contribution in [3.8, 4) is 0 Å². The Bertz CT molecular complexity index is 356. The van der Waals surface area contributed by atoms with Crippen LogP contribution in [0.3, 0.4) is 0 Å². The Hall–Kier alpha value is -1.25. The molecule has 3 nitrogen and oxygen atoms in total. The van der Waals surface area contributed by atoms with E-state index in [1.807, 2.05) is 6.20 Å². The van der Waals surface area contributed by atoms with Crippen LogP contribution in [0.2, 0.25) is 0 Å². The van der Waals surface area contributed by atoms with E-state index in [1.165, 1.54) is 37.8 Å². The summed E-state index contributed by atoms with van der Waals surface area (Å²) in [6, 6.07) is 4.16. The van der Waals surface area contributed by atoms with Crippen molar-refractivity contribution in [1.82, 2.24) is 4.98 Å². The number of hydrogen-bond acceptors (Lipinski definition) is 3. The van der Waals surface area contributed by atoms with Gasteiger partial charge in [-0.25, -0.2) is 4.98 Å².